The Labute approximate surface area is 151 Å². The first kappa shape index (κ1) is 17.5. The average Bonchev–Trinajstić information content (AvgIpc) is 2.67. The topological polar surface area (TPSA) is 40.1 Å². The van der Waals surface area contributed by atoms with Crippen molar-refractivity contribution in [1.29, 1.82) is 0 Å². The van der Waals surface area contributed by atoms with Crippen LogP contribution < -0.4 is 18.2 Å². The number of hydrogen-bond acceptors (Lipinski definition) is 2. The number of benzene rings is 3. The number of carbonyl (C=O) groups is 1. The van der Waals surface area contributed by atoms with E-state index in [1.165, 1.54) is 13.1 Å². The van der Waals surface area contributed by atoms with Crippen LogP contribution >= 0.6 is 0 Å². The van der Waals surface area contributed by atoms with E-state index >= 15 is 0 Å². The third-order valence-electron chi connectivity index (χ3n) is 4.47. The third kappa shape index (κ3) is 3.86. The van der Waals surface area contributed by atoms with Crippen LogP contribution in [0.15, 0.2) is 91.0 Å². The molecule has 0 radical (unpaired) electrons. The van der Waals surface area contributed by atoms with Gasteiger partial charge >= 0.3 is 152 Å². The number of carbonyl (C=O) groups excluding carboxylic acids is 1. The number of carboxylic acid groups (broad SMARTS) is 1. The van der Waals surface area contributed by atoms with Crippen molar-refractivity contribution < 1.29 is 9.90 Å². The van der Waals surface area contributed by atoms with Gasteiger partial charge in [-0.3, -0.25) is 0 Å². The van der Waals surface area contributed by atoms with Gasteiger partial charge in [-0.15, -0.1) is 0 Å². The molecule has 3 aromatic rings. The molecule has 0 saturated carbocycles. The van der Waals surface area contributed by atoms with Gasteiger partial charge < -0.3 is 0 Å². The summed E-state index contributed by atoms with van der Waals surface area (Å²) in [4.78, 5) is 11.0. The fraction of sp³-hybridized carbons (Fsp3) is 0.136. The summed E-state index contributed by atoms with van der Waals surface area (Å²) in [5, 5.41) is 11.9. The average molecular weight is 392 g/mol. The molecule has 3 rings (SSSR count). The summed E-state index contributed by atoms with van der Waals surface area (Å²) in [5.74, 6) is -0.970. The molecule has 0 atom stereocenters. The van der Waals surface area contributed by atoms with Gasteiger partial charge in [-0.05, 0) is 0 Å². The summed E-state index contributed by atoms with van der Waals surface area (Å²) in [6.45, 7) is 0. The van der Waals surface area contributed by atoms with Crippen molar-refractivity contribution in [2.24, 2.45) is 0 Å². The molecular weight excluding hydrogens is 371 g/mol. The van der Waals surface area contributed by atoms with E-state index in [0.29, 0.717) is 6.42 Å². The molecule has 0 aliphatic heterocycles. The molecule has 2 nitrogen and oxygen atoms in total. The number of carboxylic acids is 1. The van der Waals surface area contributed by atoms with E-state index in [2.05, 4.69) is 72.8 Å². The van der Waals surface area contributed by atoms with Gasteiger partial charge in [0.1, 0.15) is 0 Å². The monoisotopic (exact) mass is 392 g/mol. The quantitative estimate of drug-likeness (QED) is 0.575. The molecule has 0 aliphatic rings. The van der Waals surface area contributed by atoms with E-state index in [4.69, 9.17) is 0 Å². The first-order valence-corrected chi connectivity index (χ1v) is 12.6. The van der Waals surface area contributed by atoms with Crippen LogP contribution in [0.2, 0.25) is 5.21 Å². The van der Waals surface area contributed by atoms with Crippen LogP contribution in [-0.4, -0.2) is 19.5 Å². The summed E-state index contributed by atoms with van der Waals surface area (Å²) in [6, 6.07) is 31.8. The Morgan fingerprint density at radius 2 is 1.04 bits per heavy atom. The first-order chi connectivity index (χ1) is 12.2. The maximum absolute atomic E-state index is 11.0. The predicted octanol–water partition coefficient (Wildman–Crippen LogP) is 1.69. The molecular formula is C22H21AsO2. The SMILES string of the molecule is O=C([O-])CCC[As+](c1ccccc1)(c1ccccc1)c1ccccc1. The van der Waals surface area contributed by atoms with E-state index in [1.807, 2.05) is 18.2 Å². The molecule has 0 spiro atoms. The Kier molecular flexibility index (Phi) is 5.73. The summed E-state index contributed by atoms with van der Waals surface area (Å²) in [5.41, 5.74) is 0. The van der Waals surface area contributed by atoms with Gasteiger partial charge in [0, 0.05) is 0 Å². The molecule has 3 heteroatoms. The van der Waals surface area contributed by atoms with E-state index < -0.39 is 19.5 Å². The third-order valence-corrected chi connectivity index (χ3v) is 14.0. The molecule has 126 valence electrons. The number of hydrogen-bond donors (Lipinski definition) is 0. The Bertz CT molecular complexity index is 705. The second-order valence-electron chi connectivity index (χ2n) is 6.02. The molecule has 25 heavy (non-hydrogen) atoms. The summed E-state index contributed by atoms with van der Waals surface area (Å²) < 4.78 is 4.03. The van der Waals surface area contributed by atoms with Crippen molar-refractivity contribution in [3.8, 4) is 0 Å². The van der Waals surface area contributed by atoms with Crippen LogP contribution in [0.1, 0.15) is 12.8 Å². The van der Waals surface area contributed by atoms with E-state index in [9.17, 15) is 9.90 Å². The van der Waals surface area contributed by atoms with E-state index in [-0.39, 0.29) is 6.42 Å². The first-order valence-electron chi connectivity index (χ1n) is 8.48. The van der Waals surface area contributed by atoms with Gasteiger partial charge in [0.15, 0.2) is 0 Å². The van der Waals surface area contributed by atoms with Gasteiger partial charge in [0.05, 0.1) is 0 Å². The van der Waals surface area contributed by atoms with Gasteiger partial charge in [0.2, 0.25) is 0 Å². The molecule has 3 aromatic carbocycles. The molecule has 0 unspecified atom stereocenters. The van der Waals surface area contributed by atoms with Crippen LogP contribution in [0, 0.1) is 0 Å². The molecule has 0 aliphatic carbocycles. The van der Waals surface area contributed by atoms with Crippen LogP contribution in [0.25, 0.3) is 0 Å². The Morgan fingerprint density at radius 3 is 1.36 bits per heavy atom. The minimum atomic E-state index is -2.73. The zero-order valence-corrected chi connectivity index (χ0v) is 15.9. The Hall–Kier alpha value is -2.31. The van der Waals surface area contributed by atoms with Gasteiger partial charge in [-0.25, -0.2) is 0 Å². The standard InChI is InChI=1S/C22H21AsO2/c24-22(25)17-10-18-23(19-11-4-1-5-12-19,20-13-6-2-7-14-20)21-15-8-3-9-16-21/h1-9,11-16H,10,17-18H2. The minimum absolute atomic E-state index is 0.107. The molecule has 0 heterocycles. The van der Waals surface area contributed by atoms with Crippen molar-refractivity contribution in [2.75, 3.05) is 0 Å². The molecule has 0 amide bonds. The van der Waals surface area contributed by atoms with Crippen molar-refractivity contribution in [2.45, 2.75) is 18.1 Å². The Balaban J connectivity index is 2.18. The summed E-state index contributed by atoms with van der Waals surface area (Å²) in [7, 11) is 0. The van der Waals surface area contributed by atoms with Crippen LogP contribution in [0.4, 0.5) is 0 Å². The van der Waals surface area contributed by atoms with Crippen molar-refractivity contribution >= 4 is 32.6 Å². The molecule has 0 aromatic heterocycles. The van der Waals surface area contributed by atoms with Crippen LogP contribution in [0.5, 0.6) is 0 Å². The van der Waals surface area contributed by atoms with Gasteiger partial charge in [-0.2, -0.15) is 0 Å². The fourth-order valence-corrected chi connectivity index (χ4v) is 12.5. The van der Waals surface area contributed by atoms with Gasteiger partial charge in [-0.1, -0.05) is 0 Å². The molecule has 0 fully saturated rings. The fourth-order valence-electron chi connectivity index (χ4n) is 3.34. The second-order valence-corrected chi connectivity index (χ2v) is 13.6. The molecule has 0 bridgehead atoms. The van der Waals surface area contributed by atoms with E-state index in [0.717, 1.165) is 5.21 Å². The zero-order chi connectivity index (χ0) is 17.5. The van der Waals surface area contributed by atoms with Crippen LogP contribution in [-0.2, 0) is 4.79 Å². The molecule has 0 N–H and O–H groups in total. The van der Waals surface area contributed by atoms with E-state index in [1.54, 1.807) is 0 Å². The summed E-state index contributed by atoms with van der Waals surface area (Å²) in [6.07, 6.45) is 0.740. The molecule has 0 saturated heterocycles. The zero-order valence-electron chi connectivity index (χ0n) is 14.0. The second kappa shape index (κ2) is 8.18. The summed E-state index contributed by atoms with van der Waals surface area (Å²) >= 11 is -2.73. The normalized spacial score (nSPS) is 11.2. The Morgan fingerprint density at radius 1 is 0.680 bits per heavy atom. The van der Waals surface area contributed by atoms with Crippen molar-refractivity contribution in [3.63, 3.8) is 0 Å². The van der Waals surface area contributed by atoms with Crippen LogP contribution in [0.3, 0.4) is 0 Å². The van der Waals surface area contributed by atoms with Crippen molar-refractivity contribution in [1.82, 2.24) is 0 Å². The number of aliphatic carboxylic acids is 1. The van der Waals surface area contributed by atoms with Crippen molar-refractivity contribution in [3.05, 3.63) is 91.0 Å². The maximum atomic E-state index is 11.0. The predicted molar refractivity (Wildman–Crippen MR) is 103 cm³/mol. The van der Waals surface area contributed by atoms with Gasteiger partial charge in [0.25, 0.3) is 0 Å². The number of rotatable bonds is 7.